The molecule has 2 aromatic heterocycles. The third-order valence-electron chi connectivity index (χ3n) is 3.17. The zero-order chi connectivity index (χ0) is 15.9. The van der Waals surface area contributed by atoms with Crippen LogP contribution in [0.1, 0.15) is 19.8 Å². The van der Waals surface area contributed by atoms with Gasteiger partial charge >= 0.3 is 5.97 Å². The molecule has 0 aliphatic carbocycles. The molecule has 0 aliphatic heterocycles. The summed E-state index contributed by atoms with van der Waals surface area (Å²) in [4.78, 5) is 30.7. The van der Waals surface area contributed by atoms with E-state index < -0.39 is 11.9 Å². The summed E-state index contributed by atoms with van der Waals surface area (Å²) in [6, 6.07) is 3.57. The summed E-state index contributed by atoms with van der Waals surface area (Å²) in [5.41, 5.74) is 0.794. The molecule has 0 bridgehead atoms. The molecule has 8 heteroatoms. The number of hydrogen-bond acceptors (Lipinski definition) is 5. The average Bonchev–Trinajstić information content (AvgIpc) is 2.54. The maximum atomic E-state index is 11.7. The van der Waals surface area contributed by atoms with E-state index in [9.17, 15) is 9.59 Å². The van der Waals surface area contributed by atoms with Gasteiger partial charge in [0.15, 0.2) is 18.6 Å². The van der Waals surface area contributed by atoms with Gasteiger partial charge in [-0.15, -0.1) is 0 Å². The van der Waals surface area contributed by atoms with Gasteiger partial charge in [0.25, 0.3) is 0 Å². The summed E-state index contributed by atoms with van der Waals surface area (Å²) in [5, 5.41) is 13.0. The van der Waals surface area contributed by atoms with Gasteiger partial charge in [0.1, 0.15) is 12.0 Å². The first-order chi connectivity index (χ1) is 10.6. The number of halogens is 1. The number of Topliss-reactive ketones (excluding diaryl/α,β-unsaturated/α-hetero) is 1. The lowest BCUT2D eigenvalue weighted by Crippen LogP contribution is -3.00. The van der Waals surface area contributed by atoms with Gasteiger partial charge in [0.05, 0.1) is 12.3 Å². The van der Waals surface area contributed by atoms with Gasteiger partial charge in [0, 0.05) is 30.4 Å². The van der Waals surface area contributed by atoms with Gasteiger partial charge in [-0.2, -0.15) is 0 Å². The van der Waals surface area contributed by atoms with Crippen molar-refractivity contribution in [1.29, 1.82) is 0 Å². The van der Waals surface area contributed by atoms with Crippen molar-refractivity contribution < 1.29 is 31.8 Å². The van der Waals surface area contributed by atoms with Gasteiger partial charge in [-0.3, -0.25) is 9.59 Å². The van der Waals surface area contributed by atoms with Crippen molar-refractivity contribution in [3.8, 4) is 11.4 Å². The number of hydrogen-bond donors (Lipinski definition) is 1. The lowest BCUT2D eigenvalue weighted by atomic mass is 10.0. The number of rotatable bonds is 7. The third kappa shape index (κ3) is 5.71. The smallest absolute Gasteiger partial charge is 0.306 e. The predicted molar refractivity (Wildman–Crippen MR) is 76.5 cm³/mol. The quantitative estimate of drug-likeness (QED) is 0.582. The number of carboxylic acid groups (broad SMARTS) is 1. The first-order valence-electron chi connectivity index (χ1n) is 6.94. The Bertz CT molecular complexity index is 650. The third-order valence-corrected chi connectivity index (χ3v) is 3.17. The number of nitrogens with zero attached hydrogens (tertiary/aromatic N) is 4. The standard InChI is InChI=1S/C15H16N4O3.ClH/c1-11(15(21)22)9-13(20)4-8-19-7-3-12(10-18-19)14-16-5-2-6-17-14;/h2-3,5-7,10-11H,4,8-9H2,1H3;1H. The molecule has 0 radical (unpaired) electrons. The molecule has 0 amide bonds. The molecule has 1 unspecified atom stereocenters. The second-order valence-electron chi connectivity index (χ2n) is 4.98. The van der Waals surface area contributed by atoms with E-state index in [4.69, 9.17) is 5.11 Å². The average molecular weight is 337 g/mol. The second kappa shape index (κ2) is 8.89. The van der Waals surface area contributed by atoms with Crippen LogP contribution in [0.4, 0.5) is 0 Å². The van der Waals surface area contributed by atoms with Gasteiger partial charge in [-0.25, -0.2) is 9.97 Å². The maximum absolute atomic E-state index is 11.7. The van der Waals surface area contributed by atoms with Crippen molar-refractivity contribution in [2.45, 2.75) is 26.3 Å². The highest BCUT2D eigenvalue weighted by Gasteiger charge is 2.17. The van der Waals surface area contributed by atoms with E-state index in [1.165, 1.54) is 6.92 Å². The number of ketones is 1. The molecule has 122 valence electrons. The van der Waals surface area contributed by atoms with Crippen molar-refractivity contribution >= 4 is 11.8 Å². The lowest BCUT2D eigenvalue weighted by Gasteiger charge is -2.03. The molecule has 2 rings (SSSR count). The van der Waals surface area contributed by atoms with Crippen LogP contribution < -0.4 is 17.1 Å². The summed E-state index contributed by atoms with van der Waals surface area (Å²) in [7, 11) is 0. The first-order valence-corrected chi connectivity index (χ1v) is 6.94. The van der Waals surface area contributed by atoms with E-state index in [-0.39, 0.29) is 31.0 Å². The summed E-state index contributed by atoms with van der Waals surface area (Å²) in [6.45, 7) is 1.95. The predicted octanol–water partition coefficient (Wildman–Crippen LogP) is -2.10. The maximum Gasteiger partial charge on any atom is 0.306 e. The molecule has 0 fully saturated rings. The van der Waals surface area contributed by atoms with Crippen molar-refractivity contribution in [2.24, 2.45) is 5.92 Å². The number of carboxylic acids is 1. The molecule has 7 nitrogen and oxygen atoms in total. The minimum atomic E-state index is -0.952. The van der Waals surface area contributed by atoms with E-state index in [0.717, 1.165) is 5.56 Å². The number of aromatic nitrogens is 4. The van der Waals surface area contributed by atoms with Crippen LogP contribution in [-0.2, 0) is 16.1 Å². The largest absolute Gasteiger partial charge is 1.00 e. The van der Waals surface area contributed by atoms with Crippen LogP contribution in [0.5, 0.6) is 0 Å². The minimum absolute atomic E-state index is 0. The second-order valence-corrected chi connectivity index (χ2v) is 4.98. The number of aliphatic carboxylic acids is 1. The van der Waals surface area contributed by atoms with Crippen LogP contribution in [0.25, 0.3) is 11.4 Å². The summed E-state index contributed by atoms with van der Waals surface area (Å²) < 4.78 is 1.63. The molecule has 2 aromatic rings. The van der Waals surface area contributed by atoms with Crippen LogP contribution in [0.15, 0.2) is 36.9 Å². The molecular formula is C15H17ClN4O3. The molecule has 0 aromatic carbocycles. The molecule has 0 aliphatic rings. The molecular weight excluding hydrogens is 320 g/mol. The van der Waals surface area contributed by atoms with Crippen molar-refractivity contribution in [1.82, 2.24) is 15.1 Å². The molecule has 1 atom stereocenters. The van der Waals surface area contributed by atoms with Crippen LogP contribution >= 0.6 is 0 Å². The molecule has 23 heavy (non-hydrogen) atoms. The zero-order valence-corrected chi connectivity index (χ0v) is 13.3. The van der Waals surface area contributed by atoms with Gasteiger partial charge in [-0.1, -0.05) is 11.6 Å². The molecule has 2 heterocycles. The van der Waals surface area contributed by atoms with Crippen LogP contribution in [-0.4, -0.2) is 31.9 Å². The number of carbonyl (C=O) groups is 2. The minimum Gasteiger partial charge on any atom is -1.00 e. The van der Waals surface area contributed by atoms with E-state index in [1.807, 2.05) is 6.07 Å². The fraction of sp³-hybridized carbons (Fsp3) is 0.333. The monoisotopic (exact) mass is 336 g/mol. The Morgan fingerprint density at radius 3 is 2.57 bits per heavy atom. The van der Waals surface area contributed by atoms with Crippen LogP contribution in [0.2, 0.25) is 0 Å². The fourth-order valence-electron chi connectivity index (χ4n) is 1.87. The topological polar surface area (TPSA) is 96.9 Å². The Hall–Kier alpha value is -2.41. The molecule has 1 N–H and O–H groups in total. The fourth-order valence-corrected chi connectivity index (χ4v) is 1.87. The molecule has 0 saturated carbocycles. The Labute approximate surface area is 139 Å². The van der Waals surface area contributed by atoms with Crippen LogP contribution in [0.3, 0.4) is 0 Å². The number of carbonyl (C=O) groups excluding carboxylic acids is 1. The van der Waals surface area contributed by atoms with E-state index >= 15 is 0 Å². The van der Waals surface area contributed by atoms with E-state index in [1.54, 1.807) is 35.5 Å². The Morgan fingerprint density at radius 1 is 1.30 bits per heavy atom. The number of aryl methyl sites for hydroxylation is 1. The van der Waals surface area contributed by atoms with Crippen molar-refractivity contribution in [2.75, 3.05) is 0 Å². The summed E-state index contributed by atoms with van der Waals surface area (Å²) >= 11 is 0. The Balaban J connectivity index is 0.00000264. The molecule has 0 spiro atoms. The summed E-state index contributed by atoms with van der Waals surface area (Å²) in [6.07, 6.45) is 7.01. The van der Waals surface area contributed by atoms with Gasteiger partial charge in [-0.05, 0) is 11.2 Å². The highest BCUT2D eigenvalue weighted by atomic mass is 35.5. The van der Waals surface area contributed by atoms with E-state index in [2.05, 4.69) is 15.1 Å². The lowest BCUT2D eigenvalue weighted by molar-refractivity contribution is -0.752. The molecule has 0 saturated heterocycles. The normalized spacial score (nSPS) is 11.3. The highest BCUT2D eigenvalue weighted by molar-refractivity contribution is 5.83. The summed E-state index contributed by atoms with van der Waals surface area (Å²) in [5.74, 6) is -1.09. The zero-order valence-electron chi connectivity index (χ0n) is 12.6. The van der Waals surface area contributed by atoms with E-state index in [0.29, 0.717) is 12.4 Å². The van der Waals surface area contributed by atoms with Gasteiger partial charge < -0.3 is 17.5 Å². The van der Waals surface area contributed by atoms with Crippen molar-refractivity contribution in [3.63, 3.8) is 0 Å². The Morgan fingerprint density at radius 2 is 2.00 bits per heavy atom. The highest BCUT2D eigenvalue weighted by Crippen LogP contribution is 2.09. The van der Waals surface area contributed by atoms with Crippen molar-refractivity contribution in [3.05, 3.63) is 36.9 Å². The SMILES string of the molecule is CC(CC(=O)CC[n+]1ccc(-c2ncccn2)cn1)C(=O)O.[Cl-]. The first kappa shape index (κ1) is 18.6. The van der Waals surface area contributed by atoms with Gasteiger partial charge in [0.2, 0.25) is 0 Å². The van der Waals surface area contributed by atoms with Crippen LogP contribution in [0, 0.1) is 5.92 Å². The Kier molecular flexibility index (Phi) is 7.21.